The molecule has 8 heteroatoms. The van der Waals surface area contributed by atoms with Crippen LogP contribution >= 0.6 is 0 Å². The molecule has 0 radical (unpaired) electrons. The van der Waals surface area contributed by atoms with E-state index >= 15 is 0 Å². The highest BCUT2D eigenvalue weighted by atomic mass is 19.4. The summed E-state index contributed by atoms with van der Waals surface area (Å²) in [6.45, 7) is 2.27. The first kappa shape index (κ1) is 17.2. The summed E-state index contributed by atoms with van der Waals surface area (Å²) >= 11 is 0. The normalized spacial score (nSPS) is 23.5. The van der Waals surface area contributed by atoms with Crippen LogP contribution in [-0.2, 0) is 22.1 Å². The number of halogens is 3. The number of amides is 1. The number of ether oxygens (including phenoxy) is 1. The van der Waals surface area contributed by atoms with Crippen LogP contribution in [0.15, 0.2) is 18.2 Å². The summed E-state index contributed by atoms with van der Waals surface area (Å²) in [7, 11) is 0. The van der Waals surface area contributed by atoms with E-state index in [9.17, 15) is 18.0 Å². The highest BCUT2D eigenvalue weighted by Gasteiger charge is 2.48. The fourth-order valence-corrected chi connectivity index (χ4v) is 3.42. The van der Waals surface area contributed by atoms with Gasteiger partial charge < -0.3 is 15.4 Å². The molecule has 2 aliphatic heterocycles. The van der Waals surface area contributed by atoms with Gasteiger partial charge in [0, 0.05) is 43.8 Å². The van der Waals surface area contributed by atoms with Crippen LogP contribution < -0.4 is 10.6 Å². The van der Waals surface area contributed by atoms with Crippen molar-refractivity contribution in [2.24, 2.45) is 5.41 Å². The highest BCUT2D eigenvalue weighted by Crippen LogP contribution is 2.37. The molecular formula is C16H20F3N3O2. The summed E-state index contributed by atoms with van der Waals surface area (Å²) in [5, 5.41) is 6.10. The molecule has 0 saturated carbocycles. The van der Waals surface area contributed by atoms with E-state index in [0.717, 1.165) is 18.9 Å². The third kappa shape index (κ3) is 3.54. The second-order valence-electron chi connectivity index (χ2n) is 6.34. The van der Waals surface area contributed by atoms with Crippen molar-refractivity contribution in [3.8, 4) is 0 Å². The first-order valence-corrected chi connectivity index (χ1v) is 8.03. The van der Waals surface area contributed by atoms with Crippen LogP contribution in [0.25, 0.3) is 0 Å². The van der Waals surface area contributed by atoms with Crippen LogP contribution in [0.4, 0.5) is 13.2 Å². The molecule has 1 aromatic heterocycles. The molecule has 1 unspecified atom stereocenters. The fourth-order valence-electron chi connectivity index (χ4n) is 3.42. The quantitative estimate of drug-likeness (QED) is 0.870. The molecule has 2 saturated heterocycles. The average molecular weight is 343 g/mol. The molecule has 3 heterocycles. The number of carbonyl (C=O) groups is 1. The number of pyridine rings is 1. The number of carbonyl (C=O) groups excluding carboxylic acids is 1. The van der Waals surface area contributed by atoms with Crippen molar-refractivity contribution in [3.05, 3.63) is 29.6 Å². The van der Waals surface area contributed by atoms with Crippen LogP contribution in [0.5, 0.6) is 0 Å². The zero-order valence-electron chi connectivity index (χ0n) is 13.2. The van der Waals surface area contributed by atoms with E-state index in [1.807, 2.05) is 0 Å². The van der Waals surface area contributed by atoms with Crippen molar-refractivity contribution in [2.45, 2.75) is 31.5 Å². The maximum Gasteiger partial charge on any atom is 0.433 e. The number of nitrogens with one attached hydrogen (secondary N) is 2. The van der Waals surface area contributed by atoms with E-state index in [4.69, 9.17) is 4.74 Å². The maximum absolute atomic E-state index is 12.7. The molecule has 5 nitrogen and oxygen atoms in total. The summed E-state index contributed by atoms with van der Waals surface area (Å²) in [6.07, 6.45) is -2.52. The minimum absolute atomic E-state index is 0.0473. The Balaban J connectivity index is 1.60. The molecule has 2 N–H and O–H groups in total. The van der Waals surface area contributed by atoms with Gasteiger partial charge in [-0.25, -0.2) is 4.98 Å². The third-order valence-corrected chi connectivity index (χ3v) is 4.80. The smallest absolute Gasteiger partial charge is 0.381 e. The van der Waals surface area contributed by atoms with Crippen LogP contribution in [-0.4, -0.2) is 43.2 Å². The monoisotopic (exact) mass is 343 g/mol. The van der Waals surface area contributed by atoms with Gasteiger partial charge in [0.1, 0.15) is 5.69 Å². The molecule has 1 amide bonds. The fraction of sp³-hybridized carbons (Fsp3) is 0.625. The second kappa shape index (κ2) is 6.68. The third-order valence-electron chi connectivity index (χ3n) is 4.80. The molecule has 24 heavy (non-hydrogen) atoms. The summed E-state index contributed by atoms with van der Waals surface area (Å²) in [5.74, 6) is -0.0473. The Labute approximate surface area is 138 Å². The van der Waals surface area contributed by atoms with Crippen molar-refractivity contribution < 1.29 is 22.7 Å². The second-order valence-corrected chi connectivity index (χ2v) is 6.34. The van der Waals surface area contributed by atoms with Crippen LogP contribution in [0, 0.1) is 5.41 Å². The summed E-state index contributed by atoms with van der Waals surface area (Å²) in [4.78, 5) is 15.7. The molecule has 0 bridgehead atoms. The molecule has 132 valence electrons. The number of hydrogen-bond acceptors (Lipinski definition) is 4. The van der Waals surface area contributed by atoms with E-state index in [1.54, 1.807) is 6.07 Å². The molecule has 1 atom stereocenters. The standard InChI is InChI=1S/C16H20F3N3O2/c17-16(18,19)12-3-1-2-11(22-12)4-7-20-13-14(23)21-10-15(13)5-8-24-9-6-15/h1-3,13,20H,4-10H2,(H,21,23). The van der Waals surface area contributed by atoms with Gasteiger partial charge in [-0.1, -0.05) is 6.07 Å². The minimum atomic E-state index is -4.44. The molecular weight excluding hydrogens is 323 g/mol. The van der Waals surface area contributed by atoms with E-state index in [2.05, 4.69) is 15.6 Å². The zero-order chi connectivity index (χ0) is 17.2. The van der Waals surface area contributed by atoms with Gasteiger partial charge in [0.2, 0.25) is 5.91 Å². The topological polar surface area (TPSA) is 63.2 Å². The van der Waals surface area contributed by atoms with E-state index < -0.39 is 11.9 Å². The number of rotatable bonds is 4. The van der Waals surface area contributed by atoms with E-state index in [-0.39, 0.29) is 17.4 Å². The first-order chi connectivity index (χ1) is 11.4. The Hall–Kier alpha value is -1.67. The van der Waals surface area contributed by atoms with Gasteiger partial charge in [-0.05, 0) is 25.0 Å². The summed E-state index contributed by atoms with van der Waals surface area (Å²) in [5.41, 5.74) is -0.687. The van der Waals surface area contributed by atoms with Gasteiger partial charge in [-0.2, -0.15) is 13.2 Å². The lowest BCUT2D eigenvalue weighted by molar-refractivity contribution is -0.141. The number of aromatic nitrogens is 1. The Morgan fingerprint density at radius 3 is 2.79 bits per heavy atom. The van der Waals surface area contributed by atoms with Crippen molar-refractivity contribution in [3.63, 3.8) is 0 Å². The van der Waals surface area contributed by atoms with Crippen LogP contribution in [0.2, 0.25) is 0 Å². The minimum Gasteiger partial charge on any atom is -0.381 e. The van der Waals surface area contributed by atoms with Crippen LogP contribution in [0.1, 0.15) is 24.2 Å². The van der Waals surface area contributed by atoms with Gasteiger partial charge in [-0.15, -0.1) is 0 Å². The SMILES string of the molecule is O=C1NCC2(CCOCC2)C1NCCc1cccc(C(F)(F)F)n1. The molecule has 2 fully saturated rings. The molecule has 2 aliphatic rings. The molecule has 3 rings (SSSR count). The summed E-state index contributed by atoms with van der Waals surface area (Å²) < 4.78 is 43.4. The van der Waals surface area contributed by atoms with E-state index in [1.165, 1.54) is 6.07 Å². The predicted octanol–water partition coefficient (Wildman–Crippen LogP) is 1.53. The maximum atomic E-state index is 12.7. The number of alkyl halides is 3. The average Bonchev–Trinajstić information content (AvgIpc) is 2.84. The lowest BCUT2D eigenvalue weighted by Gasteiger charge is -2.36. The van der Waals surface area contributed by atoms with Gasteiger partial charge in [-0.3, -0.25) is 4.79 Å². The van der Waals surface area contributed by atoms with E-state index in [0.29, 0.717) is 38.4 Å². The Morgan fingerprint density at radius 2 is 2.08 bits per heavy atom. The molecule has 1 aromatic rings. The number of hydrogen-bond donors (Lipinski definition) is 2. The van der Waals surface area contributed by atoms with Crippen molar-refractivity contribution >= 4 is 5.91 Å². The Bertz CT molecular complexity index is 600. The van der Waals surface area contributed by atoms with Crippen molar-refractivity contribution in [2.75, 3.05) is 26.3 Å². The van der Waals surface area contributed by atoms with Gasteiger partial charge in [0.25, 0.3) is 0 Å². The number of nitrogens with zero attached hydrogens (tertiary/aromatic N) is 1. The molecule has 0 aliphatic carbocycles. The molecule has 0 aromatic carbocycles. The summed E-state index contributed by atoms with van der Waals surface area (Å²) in [6, 6.07) is 3.55. The Morgan fingerprint density at radius 1 is 1.33 bits per heavy atom. The van der Waals surface area contributed by atoms with Crippen LogP contribution in [0.3, 0.4) is 0 Å². The van der Waals surface area contributed by atoms with Gasteiger partial charge >= 0.3 is 6.18 Å². The lowest BCUT2D eigenvalue weighted by Crippen LogP contribution is -2.49. The highest BCUT2D eigenvalue weighted by molar-refractivity contribution is 5.85. The lowest BCUT2D eigenvalue weighted by atomic mass is 9.76. The van der Waals surface area contributed by atoms with Crippen molar-refractivity contribution in [1.29, 1.82) is 0 Å². The van der Waals surface area contributed by atoms with Gasteiger partial charge in [0.15, 0.2) is 0 Å². The predicted molar refractivity (Wildman–Crippen MR) is 80.2 cm³/mol. The van der Waals surface area contributed by atoms with Gasteiger partial charge in [0.05, 0.1) is 6.04 Å². The molecule has 1 spiro atoms. The first-order valence-electron chi connectivity index (χ1n) is 8.03. The largest absolute Gasteiger partial charge is 0.433 e. The van der Waals surface area contributed by atoms with Crippen molar-refractivity contribution in [1.82, 2.24) is 15.6 Å². The Kier molecular flexibility index (Phi) is 4.78. The zero-order valence-corrected chi connectivity index (χ0v) is 13.2.